The lowest BCUT2D eigenvalue weighted by molar-refractivity contribution is -0.155. The molecule has 11 nitrogen and oxygen atoms in total. The van der Waals surface area contributed by atoms with Gasteiger partial charge in [-0.05, 0) is 105 Å². The molecule has 0 radical (unpaired) electrons. The molecule has 3 fully saturated rings. The molecule has 2 saturated heterocycles. The number of allylic oxidation sites excluding steroid dienone is 1. The van der Waals surface area contributed by atoms with Gasteiger partial charge in [0.25, 0.3) is 5.91 Å². The van der Waals surface area contributed by atoms with Gasteiger partial charge in [-0.1, -0.05) is 36.7 Å². The summed E-state index contributed by atoms with van der Waals surface area (Å²) in [5.74, 6) is 0.288. The number of morpholine rings is 1. The molecular formula is C41H53ClN4O7S. The molecule has 1 saturated carbocycles. The molecule has 2 amide bonds. The second-order valence-electron chi connectivity index (χ2n) is 16.7. The van der Waals surface area contributed by atoms with Crippen molar-refractivity contribution in [2.45, 2.75) is 74.7 Å². The number of carbonyl (C=O) groups excluding carboxylic acids is 2. The van der Waals surface area contributed by atoms with Crippen molar-refractivity contribution in [3.63, 3.8) is 0 Å². The minimum Gasteiger partial charge on any atom is -0.490 e. The standard InChI is InChI=1S/C41H53ClN4O7S/c1-27-6-4-15-41(51-3,25-44-16-17-46-33(21-44)22-52-23-38(46)47)35-11-8-31(35)20-45-24-40(14-5-7-29-18-32(42)10-12-34(29)40)26-53-37-13-9-30(19-36(37)45)39(48)43-54(49,50)28(27)2/h4,9-10,12-13,15,18-19,27-28,31,33,35H,5-8,11,14,16-17,20-26H2,1-3H3,(H,43,48)/b15-4+/t27-,28+,31-,33-,35+,40-,41+/m0/s1. The number of ether oxygens (including phenoxy) is 3. The van der Waals surface area contributed by atoms with Gasteiger partial charge in [-0.3, -0.25) is 14.5 Å². The third-order valence-electron chi connectivity index (χ3n) is 13.5. The zero-order valence-electron chi connectivity index (χ0n) is 31.6. The van der Waals surface area contributed by atoms with Crippen molar-refractivity contribution >= 4 is 39.1 Å². The van der Waals surface area contributed by atoms with E-state index >= 15 is 0 Å². The maximum absolute atomic E-state index is 13.7. The molecule has 54 heavy (non-hydrogen) atoms. The second kappa shape index (κ2) is 14.7. The Hall–Kier alpha value is -3.16. The van der Waals surface area contributed by atoms with Gasteiger partial charge in [0.1, 0.15) is 18.0 Å². The fourth-order valence-electron chi connectivity index (χ4n) is 10.1. The number of nitrogens with zero attached hydrogens (tertiary/aromatic N) is 3. The molecule has 6 aliphatic rings. The zero-order chi connectivity index (χ0) is 37.8. The fraction of sp³-hybridized carbons (Fsp3) is 0.610. The summed E-state index contributed by atoms with van der Waals surface area (Å²) in [5, 5.41) is -0.0852. The first kappa shape index (κ1) is 37.7. The van der Waals surface area contributed by atoms with E-state index in [1.54, 1.807) is 20.1 Å². The Bertz CT molecular complexity index is 1930. The number of benzene rings is 2. The van der Waals surface area contributed by atoms with E-state index in [0.29, 0.717) is 51.6 Å². The van der Waals surface area contributed by atoms with Crippen LogP contribution >= 0.6 is 11.6 Å². The quantitative estimate of drug-likeness (QED) is 0.438. The molecule has 1 N–H and O–H groups in total. The summed E-state index contributed by atoms with van der Waals surface area (Å²) in [6.07, 6.45) is 9.73. The number of rotatable bonds is 3. The number of anilines is 1. The second-order valence-corrected chi connectivity index (χ2v) is 19.2. The van der Waals surface area contributed by atoms with Crippen molar-refractivity contribution in [2.75, 3.05) is 71.1 Å². The van der Waals surface area contributed by atoms with Gasteiger partial charge in [-0.15, -0.1) is 0 Å². The van der Waals surface area contributed by atoms with Crippen LogP contribution in [0.25, 0.3) is 0 Å². The van der Waals surface area contributed by atoms with Crippen LogP contribution in [-0.2, 0) is 36.1 Å². The highest BCUT2D eigenvalue weighted by Gasteiger charge is 2.50. The van der Waals surface area contributed by atoms with Crippen molar-refractivity contribution in [1.29, 1.82) is 0 Å². The zero-order valence-corrected chi connectivity index (χ0v) is 33.2. The normalized spacial score (nSPS) is 34.7. The first-order chi connectivity index (χ1) is 25.9. The van der Waals surface area contributed by atoms with Gasteiger partial charge in [0.2, 0.25) is 15.9 Å². The number of fused-ring (bicyclic) bond motifs is 5. The molecule has 292 valence electrons. The Labute approximate surface area is 324 Å². The highest BCUT2D eigenvalue weighted by Crippen LogP contribution is 2.49. The molecule has 4 heterocycles. The molecule has 2 aromatic carbocycles. The van der Waals surface area contributed by atoms with E-state index in [-0.39, 0.29) is 47.3 Å². The van der Waals surface area contributed by atoms with Gasteiger partial charge >= 0.3 is 0 Å². The van der Waals surface area contributed by atoms with Gasteiger partial charge in [0.05, 0.1) is 30.2 Å². The number of halogens is 1. The molecule has 0 unspecified atom stereocenters. The molecule has 7 atom stereocenters. The molecular weight excluding hydrogens is 728 g/mol. The average molecular weight is 781 g/mol. The van der Waals surface area contributed by atoms with E-state index in [0.717, 1.165) is 55.9 Å². The van der Waals surface area contributed by atoms with Crippen LogP contribution in [0.4, 0.5) is 5.69 Å². The highest BCUT2D eigenvalue weighted by molar-refractivity contribution is 7.90. The highest BCUT2D eigenvalue weighted by atomic mass is 35.5. The van der Waals surface area contributed by atoms with Crippen LogP contribution in [0.15, 0.2) is 48.6 Å². The Morgan fingerprint density at radius 1 is 1.07 bits per heavy atom. The topological polar surface area (TPSA) is 118 Å². The minimum atomic E-state index is -3.99. The third-order valence-corrected chi connectivity index (χ3v) is 15.7. The number of hydrogen-bond acceptors (Lipinski definition) is 9. The Balaban J connectivity index is 1.18. The number of nitrogens with one attached hydrogen (secondary N) is 1. The van der Waals surface area contributed by atoms with Crippen LogP contribution in [0.2, 0.25) is 5.02 Å². The molecule has 2 aromatic rings. The van der Waals surface area contributed by atoms with Gasteiger partial charge in [0, 0.05) is 62.4 Å². The molecule has 1 spiro atoms. The molecule has 2 aliphatic carbocycles. The lowest BCUT2D eigenvalue weighted by atomic mass is 9.63. The summed E-state index contributed by atoms with van der Waals surface area (Å²) >= 11 is 6.50. The van der Waals surface area contributed by atoms with E-state index in [9.17, 15) is 18.0 Å². The minimum absolute atomic E-state index is 0.00907. The summed E-state index contributed by atoms with van der Waals surface area (Å²) in [5.41, 5.74) is 2.65. The van der Waals surface area contributed by atoms with Gasteiger partial charge < -0.3 is 24.0 Å². The van der Waals surface area contributed by atoms with E-state index in [1.165, 1.54) is 11.1 Å². The predicted octanol–water partition coefficient (Wildman–Crippen LogP) is 4.81. The largest absolute Gasteiger partial charge is 0.490 e. The Morgan fingerprint density at radius 3 is 2.72 bits per heavy atom. The van der Waals surface area contributed by atoms with Crippen molar-refractivity contribution in [2.24, 2.45) is 17.8 Å². The number of carbonyl (C=O) groups is 2. The van der Waals surface area contributed by atoms with Gasteiger partial charge in [-0.2, -0.15) is 0 Å². The van der Waals surface area contributed by atoms with Crippen LogP contribution < -0.4 is 14.4 Å². The lowest BCUT2D eigenvalue weighted by Gasteiger charge is -2.53. The van der Waals surface area contributed by atoms with E-state index in [4.69, 9.17) is 25.8 Å². The Morgan fingerprint density at radius 2 is 1.93 bits per heavy atom. The monoisotopic (exact) mass is 780 g/mol. The van der Waals surface area contributed by atoms with Crippen LogP contribution in [0.3, 0.4) is 0 Å². The summed E-state index contributed by atoms with van der Waals surface area (Å²) < 4.78 is 48.6. The predicted molar refractivity (Wildman–Crippen MR) is 208 cm³/mol. The molecule has 4 aliphatic heterocycles. The van der Waals surface area contributed by atoms with Crippen LogP contribution in [-0.4, -0.2) is 113 Å². The van der Waals surface area contributed by atoms with Crippen molar-refractivity contribution in [3.05, 3.63) is 70.3 Å². The molecule has 13 heteroatoms. The first-order valence-corrected chi connectivity index (χ1v) is 21.5. The SMILES string of the molecule is CO[C@@]1(CN2CCN3C(=O)COC[C@@H]3C2)/C=C/C[C@H](C)[C@@H](C)S(=O)(=O)NC(=O)c2ccc3c(c2)N(C[C@@H]2CC[C@H]21)C[C@@]1(CCCc2cc(Cl)ccc21)CO3. The van der Waals surface area contributed by atoms with Crippen molar-refractivity contribution in [3.8, 4) is 5.75 Å². The number of sulfonamides is 1. The smallest absolute Gasteiger partial charge is 0.264 e. The number of amides is 2. The van der Waals surface area contributed by atoms with Gasteiger partial charge in [-0.25, -0.2) is 13.1 Å². The van der Waals surface area contributed by atoms with Crippen molar-refractivity contribution < 1.29 is 32.2 Å². The van der Waals surface area contributed by atoms with E-state index < -0.39 is 26.8 Å². The number of methoxy groups -OCH3 is 1. The maximum atomic E-state index is 13.7. The van der Waals surface area contributed by atoms with E-state index in [1.807, 2.05) is 30.0 Å². The van der Waals surface area contributed by atoms with Crippen molar-refractivity contribution in [1.82, 2.24) is 14.5 Å². The molecule has 0 aromatic heterocycles. The fourth-order valence-corrected chi connectivity index (χ4v) is 11.5. The maximum Gasteiger partial charge on any atom is 0.264 e. The Kier molecular flexibility index (Phi) is 10.3. The number of aryl methyl sites for hydroxylation is 1. The third kappa shape index (κ3) is 6.95. The first-order valence-electron chi connectivity index (χ1n) is 19.6. The lowest BCUT2D eigenvalue weighted by Crippen LogP contribution is -2.63. The van der Waals surface area contributed by atoms with Gasteiger partial charge in [0.15, 0.2) is 0 Å². The summed E-state index contributed by atoms with van der Waals surface area (Å²) in [4.78, 5) is 33.1. The van der Waals surface area contributed by atoms with Crippen LogP contribution in [0.1, 0.15) is 67.4 Å². The molecule has 8 rings (SSSR count). The van der Waals surface area contributed by atoms with Crippen LogP contribution in [0.5, 0.6) is 5.75 Å². The summed E-state index contributed by atoms with van der Waals surface area (Å²) in [7, 11) is -2.19. The van der Waals surface area contributed by atoms with Crippen LogP contribution in [0, 0.1) is 17.8 Å². The summed E-state index contributed by atoms with van der Waals surface area (Å²) in [6, 6.07) is 11.5. The average Bonchev–Trinajstić information content (AvgIpc) is 3.29. The number of piperazine rings is 1. The van der Waals surface area contributed by atoms with E-state index in [2.05, 4.69) is 38.8 Å². The summed E-state index contributed by atoms with van der Waals surface area (Å²) in [6.45, 7) is 8.90. The molecule has 2 bridgehead atoms. The number of hydrogen-bond donors (Lipinski definition) is 1.